The minimum absolute atomic E-state index is 0.121. The van der Waals surface area contributed by atoms with Gasteiger partial charge in [-0.25, -0.2) is 9.97 Å². The summed E-state index contributed by atoms with van der Waals surface area (Å²) in [5.74, 6) is 3.42. The van der Waals surface area contributed by atoms with Gasteiger partial charge in [-0.2, -0.15) is 4.98 Å². The number of aryl methyl sites for hydroxylation is 1. The molecule has 2 aromatic heterocycles. The zero-order valence-corrected chi connectivity index (χ0v) is 12.5. The maximum Gasteiger partial charge on any atom is 0.245 e. The van der Waals surface area contributed by atoms with E-state index in [9.17, 15) is 0 Å². The topological polar surface area (TPSA) is 88.8 Å². The van der Waals surface area contributed by atoms with E-state index in [1.165, 1.54) is 0 Å². The minimum Gasteiger partial charge on any atom is -0.373 e. The molecule has 0 aromatic carbocycles. The van der Waals surface area contributed by atoms with Crippen LogP contribution >= 0.6 is 0 Å². The van der Waals surface area contributed by atoms with Crippen LogP contribution in [0.2, 0.25) is 0 Å². The summed E-state index contributed by atoms with van der Waals surface area (Å²) < 4.78 is 5.06. The second-order valence-corrected chi connectivity index (χ2v) is 5.55. The second kappa shape index (κ2) is 5.44. The summed E-state index contributed by atoms with van der Waals surface area (Å²) in [6.07, 6.45) is 0. The predicted molar refractivity (Wildman–Crippen MR) is 76.6 cm³/mol. The van der Waals surface area contributed by atoms with Gasteiger partial charge in [-0.1, -0.05) is 25.9 Å². The van der Waals surface area contributed by atoms with Gasteiger partial charge in [-0.05, 0) is 6.92 Å². The Balaban J connectivity index is 2.18. The van der Waals surface area contributed by atoms with Crippen molar-refractivity contribution in [3.63, 3.8) is 0 Å². The molecule has 0 atom stereocenters. The van der Waals surface area contributed by atoms with Gasteiger partial charge in [0.05, 0.1) is 6.54 Å². The van der Waals surface area contributed by atoms with Crippen LogP contribution in [-0.2, 0) is 12.0 Å². The lowest BCUT2D eigenvalue weighted by Gasteiger charge is -2.18. The standard InChI is InChI=1S/C13H20N6O/c1-8-16-11(20-19-8)7-15-10-6-9(14-5)17-12(18-10)13(2,3)4/h6H,7H2,1-5H3,(H2,14,15,17,18). The highest BCUT2D eigenvalue weighted by Crippen LogP contribution is 2.22. The molecule has 2 heterocycles. The highest BCUT2D eigenvalue weighted by molar-refractivity contribution is 5.47. The van der Waals surface area contributed by atoms with E-state index in [1.807, 2.05) is 13.1 Å². The van der Waals surface area contributed by atoms with Gasteiger partial charge in [-0.3, -0.25) is 0 Å². The first-order valence-electron chi connectivity index (χ1n) is 6.49. The Morgan fingerprint density at radius 2 is 1.85 bits per heavy atom. The van der Waals surface area contributed by atoms with Crippen LogP contribution in [0.1, 0.15) is 38.3 Å². The molecule has 0 saturated heterocycles. The molecular formula is C13H20N6O. The van der Waals surface area contributed by atoms with Crippen LogP contribution < -0.4 is 10.6 Å². The van der Waals surface area contributed by atoms with Crippen molar-refractivity contribution in [1.82, 2.24) is 20.1 Å². The van der Waals surface area contributed by atoms with E-state index in [0.29, 0.717) is 18.3 Å². The fourth-order valence-electron chi connectivity index (χ4n) is 1.58. The van der Waals surface area contributed by atoms with Crippen molar-refractivity contribution >= 4 is 11.6 Å². The van der Waals surface area contributed by atoms with E-state index in [2.05, 4.69) is 51.5 Å². The van der Waals surface area contributed by atoms with Crippen molar-refractivity contribution in [2.45, 2.75) is 39.7 Å². The largest absolute Gasteiger partial charge is 0.373 e. The Morgan fingerprint density at radius 1 is 1.15 bits per heavy atom. The Hall–Kier alpha value is -2.18. The average molecular weight is 276 g/mol. The molecule has 20 heavy (non-hydrogen) atoms. The molecule has 0 radical (unpaired) electrons. The molecule has 7 nitrogen and oxygen atoms in total. The van der Waals surface area contributed by atoms with Gasteiger partial charge in [0.15, 0.2) is 5.82 Å². The Kier molecular flexibility index (Phi) is 3.87. The van der Waals surface area contributed by atoms with Gasteiger partial charge in [0.25, 0.3) is 0 Å². The predicted octanol–water partition coefficient (Wildman–Crippen LogP) is 2.12. The van der Waals surface area contributed by atoms with Gasteiger partial charge in [0, 0.05) is 18.5 Å². The molecule has 0 spiro atoms. The van der Waals surface area contributed by atoms with Crippen molar-refractivity contribution in [3.8, 4) is 0 Å². The molecular weight excluding hydrogens is 256 g/mol. The molecule has 0 aliphatic carbocycles. The third-order valence-electron chi connectivity index (χ3n) is 2.64. The van der Waals surface area contributed by atoms with Crippen LogP contribution in [0.3, 0.4) is 0 Å². The molecule has 2 N–H and O–H groups in total. The summed E-state index contributed by atoms with van der Waals surface area (Å²) >= 11 is 0. The van der Waals surface area contributed by atoms with Crippen molar-refractivity contribution in [3.05, 3.63) is 23.6 Å². The lowest BCUT2D eigenvalue weighted by molar-refractivity contribution is 0.379. The Bertz CT molecular complexity index is 587. The van der Waals surface area contributed by atoms with E-state index < -0.39 is 0 Å². The SMILES string of the molecule is CNc1cc(NCc2nc(C)no2)nc(C(C)(C)C)n1. The van der Waals surface area contributed by atoms with Gasteiger partial charge in [0.2, 0.25) is 5.89 Å². The van der Waals surface area contributed by atoms with Crippen LogP contribution in [0.5, 0.6) is 0 Å². The number of aromatic nitrogens is 4. The third kappa shape index (κ3) is 3.43. The summed E-state index contributed by atoms with van der Waals surface area (Å²) in [7, 11) is 1.83. The van der Waals surface area contributed by atoms with Gasteiger partial charge in [0.1, 0.15) is 17.5 Å². The number of rotatable bonds is 4. The zero-order valence-electron chi connectivity index (χ0n) is 12.5. The molecule has 0 amide bonds. The van der Waals surface area contributed by atoms with Crippen LogP contribution in [0.25, 0.3) is 0 Å². The number of nitrogens with one attached hydrogen (secondary N) is 2. The van der Waals surface area contributed by atoms with Crippen LogP contribution in [0, 0.1) is 6.92 Å². The minimum atomic E-state index is -0.121. The fraction of sp³-hybridized carbons (Fsp3) is 0.538. The van der Waals surface area contributed by atoms with E-state index in [-0.39, 0.29) is 5.41 Å². The molecule has 2 rings (SSSR count). The smallest absolute Gasteiger partial charge is 0.245 e. The maximum absolute atomic E-state index is 5.06. The summed E-state index contributed by atoms with van der Waals surface area (Å²) in [6, 6.07) is 1.85. The van der Waals surface area contributed by atoms with E-state index in [0.717, 1.165) is 17.5 Å². The summed E-state index contributed by atoms with van der Waals surface area (Å²) in [5, 5.41) is 9.96. The van der Waals surface area contributed by atoms with Crippen molar-refractivity contribution in [2.24, 2.45) is 0 Å². The first kappa shape index (κ1) is 14.2. The monoisotopic (exact) mass is 276 g/mol. The van der Waals surface area contributed by atoms with Gasteiger partial charge < -0.3 is 15.2 Å². The number of hydrogen-bond donors (Lipinski definition) is 2. The first-order valence-corrected chi connectivity index (χ1v) is 6.49. The van der Waals surface area contributed by atoms with Crippen molar-refractivity contribution in [2.75, 3.05) is 17.7 Å². The molecule has 0 bridgehead atoms. The molecule has 0 unspecified atom stereocenters. The fourth-order valence-corrected chi connectivity index (χ4v) is 1.58. The number of anilines is 2. The molecule has 2 aromatic rings. The highest BCUT2D eigenvalue weighted by Gasteiger charge is 2.19. The number of nitrogens with zero attached hydrogens (tertiary/aromatic N) is 4. The average Bonchev–Trinajstić information content (AvgIpc) is 2.81. The molecule has 0 aliphatic heterocycles. The summed E-state index contributed by atoms with van der Waals surface area (Å²) in [5.41, 5.74) is -0.121. The van der Waals surface area contributed by atoms with E-state index >= 15 is 0 Å². The maximum atomic E-state index is 5.06. The Labute approximate surface area is 118 Å². The van der Waals surface area contributed by atoms with Crippen LogP contribution in [-0.4, -0.2) is 27.2 Å². The lowest BCUT2D eigenvalue weighted by atomic mass is 9.96. The summed E-state index contributed by atoms with van der Waals surface area (Å²) in [4.78, 5) is 13.1. The molecule has 108 valence electrons. The van der Waals surface area contributed by atoms with E-state index in [4.69, 9.17) is 4.52 Å². The number of hydrogen-bond acceptors (Lipinski definition) is 7. The van der Waals surface area contributed by atoms with Crippen LogP contribution in [0.15, 0.2) is 10.6 Å². The molecule has 7 heteroatoms. The second-order valence-electron chi connectivity index (χ2n) is 5.55. The quantitative estimate of drug-likeness (QED) is 0.884. The highest BCUT2D eigenvalue weighted by atomic mass is 16.5. The normalized spacial score (nSPS) is 11.4. The van der Waals surface area contributed by atoms with Crippen LogP contribution in [0.4, 0.5) is 11.6 Å². The molecule has 0 saturated carbocycles. The van der Waals surface area contributed by atoms with Gasteiger partial charge >= 0.3 is 0 Å². The zero-order chi connectivity index (χ0) is 14.8. The summed E-state index contributed by atoms with van der Waals surface area (Å²) in [6.45, 7) is 8.45. The third-order valence-corrected chi connectivity index (χ3v) is 2.64. The lowest BCUT2D eigenvalue weighted by Crippen LogP contribution is -2.18. The molecule has 0 fully saturated rings. The first-order chi connectivity index (χ1) is 9.38. The molecule has 0 aliphatic rings. The van der Waals surface area contributed by atoms with Crippen molar-refractivity contribution < 1.29 is 4.52 Å². The van der Waals surface area contributed by atoms with Crippen molar-refractivity contribution in [1.29, 1.82) is 0 Å². The Morgan fingerprint density at radius 3 is 2.40 bits per heavy atom. The van der Waals surface area contributed by atoms with Gasteiger partial charge in [-0.15, -0.1) is 0 Å². The van der Waals surface area contributed by atoms with E-state index in [1.54, 1.807) is 6.92 Å².